The molecule has 0 atom stereocenters. The van der Waals surface area contributed by atoms with Crippen LogP contribution < -0.4 is 15.2 Å². The molecule has 0 aliphatic carbocycles. The summed E-state index contributed by atoms with van der Waals surface area (Å²) in [4.78, 5) is 64.5. The van der Waals surface area contributed by atoms with Crippen LogP contribution in [0.1, 0.15) is 60.7 Å². The molecule has 0 saturated carbocycles. The number of non-ortho nitro benzene ring substituents is 1. The van der Waals surface area contributed by atoms with Gasteiger partial charge in [0.05, 0.1) is 4.92 Å². The fourth-order valence-electron chi connectivity index (χ4n) is 4.34. The number of rotatable bonds is 9. The van der Waals surface area contributed by atoms with E-state index in [9.17, 15) is 29.3 Å². The summed E-state index contributed by atoms with van der Waals surface area (Å²) in [6.07, 6.45) is -0.0652. The second kappa shape index (κ2) is 11.9. The van der Waals surface area contributed by atoms with Gasteiger partial charge in [0, 0.05) is 36.1 Å². The number of carbonyl (C=O) groups is 4. The molecule has 3 amide bonds. The van der Waals surface area contributed by atoms with E-state index in [0.717, 1.165) is 5.56 Å². The number of ether oxygens (including phenoxy) is 1. The molecule has 1 saturated heterocycles. The van der Waals surface area contributed by atoms with Crippen LogP contribution in [0, 0.1) is 24.0 Å². The predicted molar refractivity (Wildman–Crippen MR) is 147 cm³/mol. The standard InChI is InChI=1S/C25H31N3O9Si2/c1-13-14(2)22(35-16-8-6-15(7-9-16)28(33)34)21(25(3,4)5)23(39-37-38)20(13)24(32)26-12-19(31)36-27-17(29)10-11-18(27)30/h6-9H,10-12,39H2,1-5,38H3,(H,26,32). The van der Waals surface area contributed by atoms with Crippen molar-refractivity contribution in [3.05, 3.63) is 56.6 Å². The summed E-state index contributed by atoms with van der Waals surface area (Å²) in [7, 11) is -0.944. The number of hydroxylamine groups is 2. The van der Waals surface area contributed by atoms with E-state index >= 15 is 0 Å². The van der Waals surface area contributed by atoms with Crippen molar-refractivity contribution in [3.63, 3.8) is 0 Å². The molecule has 1 fully saturated rings. The van der Waals surface area contributed by atoms with Crippen LogP contribution in [-0.2, 0) is 28.8 Å². The number of nitrogens with zero attached hydrogens (tertiary/aromatic N) is 2. The Morgan fingerprint density at radius 2 is 1.69 bits per heavy atom. The zero-order valence-electron chi connectivity index (χ0n) is 22.7. The van der Waals surface area contributed by atoms with Crippen LogP contribution in [0.25, 0.3) is 0 Å². The van der Waals surface area contributed by atoms with Crippen molar-refractivity contribution < 1.29 is 37.8 Å². The van der Waals surface area contributed by atoms with Crippen molar-refractivity contribution in [2.24, 2.45) is 0 Å². The first-order valence-corrected chi connectivity index (χ1v) is 14.3. The summed E-state index contributed by atoms with van der Waals surface area (Å²) in [6, 6.07) is 5.74. The number of hydrogen-bond acceptors (Lipinski definition) is 9. The quantitative estimate of drug-likeness (QED) is 0.197. The maximum atomic E-state index is 13.4. The molecule has 2 aromatic carbocycles. The van der Waals surface area contributed by atoms with Gasteiger partial charge in [0.15, 0.2) is 9.76 Å². The topological polar surface area (TPSA) is 154 Å². The number of benzene rings is 2. The van der Waals surface area contributed by atoms with Crippen LogP contribution in [0.4, 0.5) is 5.69 Å². The molecule has 14 heteroatoms. The summed E-state index contributed by atoms with van der Waals surface area (Å²) in [6.45, 7) is 8.97. The Balaban J connectivity index is 1.98. The number of hydrogen-bond donors (Lipinski definition) is 1. The Bertz CT molecular complexity index is 1320. The van der Waals surface area contributed by atoms with Crippen LogP contribution in [0.3, 0.4) is 0 Å². The van der Waals surface area contributed by atoms with Gasteiger partial charge in [-0.15, -0.1) is 5.06 Å². The van der Waals surface area contributed by atoms with E-state index in [-0.39, 0.29) is 18.5 Å². The van der Waals surface area contributed by atoms with E-state index in [2.05, 4.69) is 5.32 Å². The van der Waals surface area contributed by atoms with Gasteiger partial charge >= 0.3 is 5.97 Å². The average molecular weight is 574 g/mol. The van der Waals surface area contributed by atoms with Gasteiger partial charge in [-0.25, -0.2) is 4.79 Å². The molecular formula is C25H31N3O9Si2. The molecule has 0 spiro atoms. The number of imide groups is 1. The Morgan fingerprint density at radius 3 is 2.21 bits per heavy atom. The van der Waals surface area contributed by atoms with Gasteiger partial charge in [-0.2, -0.15) is 0 Å². The summed E-state index contributed by atoms with van der Waals surface area (Å²) < 4.78 is 12.0. The molecule has 39 heavy (non-hydrogen) atoms. The number of nitro benzene ring substituents is 1. The lowest BCUT2D eigenvalue weighted by Gasteiger charge is -2.30. The first-order valence-electron chi connectivity index (χ1n) is 12.2. The maximum Gasteiger partial charge on any atom is 0.352 e. The van der Waals surface area contributed by atoms with Crippen LogP contribution in [0.15, 0.2) is 24.3 Å². The van der Waals surface area contributed by atoms with E-state index in [4.69, 9.17) is 13.7 Å². The Labute approximate surface area is 230 Å². The number of nitro groups is 1. The zero-order valence-corrected chi connectivity index (χ0v) is 26.1. The molecule has 208 valence electrons. The molecule has 1 heterocycles. The number of carbonyl (C=O) groups excluding carboxylic acids is 4. The van der Waals surface area contributed by atoms with Gasteiger partial charge in [0.2, 0.25) is 0 Å². The third kappa shape index (κ3) is 6.58. The second-order valence-corrected chi connectivity index (χ2v) is 13.4. The van der Waals surface area contributed by atoms with Gasteiger partial charge in [-0.3, -0.25) is 24.5 Å². The molecule has 1 aliphatic heterocycles. The summed E-state index contributed by atoms with van der Waals surface area (Å²) in [5, 5.41) is 14.7. The van der Waals surface area contributed by atoms with Crippen LogP contribution in [0.2, 0.25) is 0 Å². The predicted octanol–water partition coefficient (Wildman–Crippen LogP) is 0.645. The van der Waals surface area contributed by atoms with Crippen molar-refractivity contribution in [3.8, 4) is 11.5 Å². The molecule has 1 aliphatic rings. The lowest BCUT2D eigenvalue weighted by molar-refractivity contribution is -0.384. The maximum absolute atomic E-state index is 13.4. The van der Waals surface area contributed by atoms with Crippen LogP contribution in [-0.4, -0.2) is 60.5 Å². The van der Waals surface area contributed by atoms with Crippen LogP contribution in [0.5, 0.6) is 11.5 Å². The molecule has 0 bridgehead atoms. The first kappa shape index (κ1) is 29.7. The highest BCUT2D eigenvalue weighted by molar-refractivity contribution is 6.54. The fraction of sp³-hybridized carbons (Fsp3) is 0.360. The third-order valence-corrected chi connectivity index (χ3v) is 8.38. The summed E-state index contributed by atoms with van der Waals surface area (Å²) in [5.41, 5.74) is 1.90. The number of nitrogens with one attached hydrogen (secondary N) is 1. The smallest absolute Gasteiger partial charge is 0.352 e. The van der Waals surface area contributed by atoms with Gasteiger partial charge in [-0.05, 0) is 47.7 Å². The summed E-state index contributed by atoms with van der Waals surface area (Å²) in [5.74, 6) is -1.76. The first-order chi connectivity index (χ1) is 18.3. The summed E-state index contributed by atoms with van der Waals surface area (Å²) >= 11 is 0. The largest absolute Gasteiger partial charge is 0.465 e. The highest BCUT2D eigenvalue weighted by Gasteiger charge is 2.34. The van der Waals surface area contributed by atoms with Gasteiger partial charge in [0.1, 0.15) is 28.5 Å². The van der Waals surface area contributed by atoms with E-state index in [1.54, 1.807) is 6.92 Å². The van der Waals surface area contributed by atoms with Crippen molar-refractivity contribution in [2.75, 3.05) is 6.54 Å². The van der Waals surface area contributed by atoms with Gasteiger partial charge in [0.25, 0.3) is 23.4 Å². The number of amides is 3. The highest BCUT2D eigenvalue weighted by atomic mass is 28.3. The average Bonchev–Trinajstić information content (AvgIpc) is 3.17. The Hall–Kier alpha value is -3.89. The van der Waals surface area contributed by atoms with Crippen LogP contribution >= 0.6 is 0 Å². The fourth-order valence-corrected chi connectivity index (χ4v) is 6.90. The van der Waals surface area contributed by atoms with E-state index in [0.29, 0.717) is 48.9 Å². The minimum atomic E-state index is -1.40. The molecule has 12 nitrogen and oxygen atoms in total. The highest BCUT2D eigenvalue weighted by Crippen LogP contribution is 2.38. The Morgan fingerprint density at radius 1 is 1.10 bits per heavy atom. The van der Waals surface area contributed by atoms with E-state index in [1.165, 1.54) is 24.3 Å². The van der Waals surface area contributed by atoms with Gasteiger partial charge < -0.3 is 19.0 Å². The second-order valence-electron chi connectivity index (χ2n) is 10.1. The monoisotopic (exact) mass is 573 g/mol. The van der Waals surface area contributed by atoms with Crippen molar-refractivity contribution in [1.29, 1.82) is 0 Å². The molecule has 0 aromatic heterocycles. The normalized spacial score (nSPS) is 13.8. The van der Waals surface area contributed by atoms with Crippen molar-refractivity contribution in [1.82, 2.24) is 10.4 Å². The molecule has 2 aromatic rings. The molecular weight excluding hydrogens is 542 g/mol. The minimum Gasteiger partial charge on any atom is -0.465 e. The minimum absolute atomic E-state index is 0.0326. The Kier molecular flexibility index (Phi) is 9.04. The zero-order chi connectivity index (χ0) is 29.1. The molecule has 0 radical (unpaired) electrons. The molecule has 3 rings (SSSR count). The molecule has 1 N–H and O–H groups in total. The lowest BCUT2D eigenvalue weighted by atomic mass is 9.82. The third-order valence-electron chi connectivity index (χ3n) is 6.23. The van der Waals surface area contributed by atoms with Crippen molar-refractivity contribution in [2.45, 2.75) is 52.9 Å². The van der Waals surface area contributed by atoms with Gasteiger partial charge in [-0.1, -0.05) is 20.8 Å². The van der Waals surface area contributed by atoms with E-state index < -0.39 is 50.3 Å². The van der Waals surface area contributed by atoms with Crippen molar-refractivity contribution >= 4 is 54.8 Å². The van der Waals surface area contributed by atoms with E-state index in [1.807, 2.05) is 27.7 Å². The molecule has 0 unspecified atom stereocenters. The SMILES string of the molecule is Cc1c(C)c(C(=O)NCC(=O)ON2C(=O)CCC2=O)c([SiH2]O[SiH3])c(C(C)(C)C)c1Oc1ccc([N+](=O)[O-])cc1. The lowest BCUT2D eigenvalue weighted by Crippen LogP contribution is -2.41.